The summed E-state index contributed by atoms with van der Waals surface area (Å²) in [6.07, 6.45) is 4.54. The number of halogens is 1. The lowest BCUT2D eigenvalue weighted by molar-refractivity contribution is 0.0509. The molecule has 1 fully saturated rings. The normalized spacial score (nSPS) is 21.9. The van der Waals surface area contributed by atoms with Gasteiger partial charge in [0.25, 0.3) is 0 Å². The van der Waals surface area contributed by atoms with Crippen molar-refractivity contribution in [3.8, 4) is 5.75 Å². The molecule has 0 aliphatic heterocycles. The van der Waals surface area contributed by atoms with Crippen LogP contribution in [0.1, 0.15) is 49.9 Å². The molecule has 0 heterocycles. The Balaban J connectivity index is 2.30. The zero-order valence-corrected chi connectivity index (χ0v) is 13.3. The number of esters is 1. The highest BCUT2D eigenvalue weighted by atomic mass is 35.5. The molecule has 2 atom stereocenters. The van der Waals surface area contributed by atoms with Crippen LogP contribution in [0.15, 0.2) is 12.1 Å². The highest BCUT2D eigenvalue weighted by Crippen LogP contribution is 2.36. The molecule has 0 aromatic heterocycles. The number of ether oxygens (including phenoxy) is 2. The number of nitrogens with two attached hydrogens (primary N) is 1. The van der Waals surface area contributed by atoms with E-state index in [0.717, 1.165) is 19.3 Å². The van der Waals surface area contributed by atoms with Gasteiger partial charge in [0.15, 0.2) is 5.75 Å². The van der Waals surface area contributed by atoms with Gasteiger partial charge in [0.2, 0.25) is 0 Å². The zero-order valence-electron chi connectivity index (χ0n) is 12.5. The van der Waals surface area contributed by atoms with E-state index in [1.54, 1.807) is 19.1 Å². The quantitative estimate of drug-likeness (QED) is 0.673. The minimum atomic E-state index is -0.454. The van der Waals surface area contributed by atoms with Crippen LogP contribution in [0, 0.1) is 5.92 Å². The van der Waals surface area contributed by atoms with Gasteiger partial charge in [-0.3, -0.25) is 0 Å². The molecule has 1 aliphatic rings. The first-order valence-corrected chi connectivity index (χ1v) is 7.83. The van der Waals surface area contributed by atoms with E-state index < -0.39 is 5.97 Å². The molecule has 1 aliphatic carbocycles. The van der Waals surface area contributed by atoms with Crippen LogP contribution in [0.3, 0.4) is 0 Å². The predicted octanol–water partition coefficient (Wildman–Crippen LogP) is 4.06. The first kappa shape index (κ1) is 16.0. The van der Waals surface area contributed by atoms with Gasteiger partial charge in [0.1, 0.15) is 11.7 Å². The molecule has 21 heavy (non-hydrogen) atoms. The van der Waals surface area contributed by atoms with Gasteiger partial charge in [-0.1, -0.05) is 24.9 Å². The number of benzene rings is 1. The van der Waals surface area contributed by atoms with E-state index in [1.807, 2.05) is 0 Å². The number of carbonyl (C=O) groups excluding carboxylic acids is 1. The highest BCUT2D eigenvalue weighted by Gasteiger charge is 2.26. The van der Waals surface area contributed by atoms with Crippen molar-refractivity contribution in [3.63, 3.8) is 0 Å². The molecule has 5 heteroatoms. The molecule has 2 unspecified atom stereocenters. The first-order valence-electron chi connectivity index (χ1n) is 7.45. The monoisotopic (exact) mass is 311 g/mol. The van der Waals surface area contributed by atoms with Crippen LogP contribution in [0.25, 0.3) is 0 Å². The van der Waals surface area contributed by atoms with Gasteiger partial charge < -0.3 is 15.2 Å². The molecule has 0 saturated heterocycles. The SMILES string of the molecule is CCOC(=O)c1cc(N)cc(Cl)c1OC1CCCCC1C. The number of carbonyl (C=O) groups is 1. The third kappa shape index (κ3) is 3.82. The summed E-state index contributed by atoms with van der Waals surface area (Å²) in [6, 6.07) is 3.17. The van der Waals surface area contributed by atoms with E-state index in [0.29, 0.717) is 34.5 Å². The summed E-state index contributed by atoms with van der Waals surface area (Å²) in [7, 11) is 0. The van der Waals surface area contributed by atoms with Gasteiger partial charge in [-0.2, -0.15) is 0 Å². The minimum Gasteiger partial charge on any atom is -0.488 e. The maximum Gasteiger partial charge on any atom is 0.342 e. The van der Waals surface area contributed by atoms with Crippen molar-refractivity contribution >= 4 is 23.3 Å². The molecule has 0 spiro atoms. The van der Waals surface area contributed by atoms with Crippen LogP contribution in [0.4, 0.5) is 5.69 Å². The number of hydrogen-bond acceptors (Lipinski definition) is 4. The average molecular weight is 312 g/mol. The average Bonchev–Trinajstić information content (AvgIpc) is 2.43. The number of rotatable bonds is 4. The van der Waals surface area contributed by atoms with Crippen LogP contribution in [-0.4, -0.2) is 18.7 Å². The topological polar surface area (TPSA) is 61.5 Å². The van der Waals surface area contributed by atoms with Gasteiger partial charge in [-0.25, -0.2) is 4.79 Å². The summed E-state index contributed by atoms with van der Waals surface area (Å²) in [5, 5.41) is 0.357. The van der Waals surface area contributed by atoms with Gasteiger partial charge in [0.05, 0.1) is 11.6 Å². The Kier molecular flexibility index (Phi) is 5.34. The largest absolute Gasteiger partial charge is 0.488 e. The lowest BCUT2D eigenvalue weighted by atomic mass is 9.88. The molecule has 4 nitrogen and oxygen atoms in total. The Morgan fingerprint density at radius 2 is 2.10 bits per heavy atom. The first-order chi connectivity index (χ1) is 10.0. The summed E-state index contributed by atoms with van der Waals surface area (Å²) >= 11 is 6.23. The Morgan fingerprint density at radius 1 is 1.38 bits per heavy atom. The lowest BCUT2D eigenvalue weighted by Gasteiger charge is -2.30. The summed E-state index contributed by atoms with van der Waals surface area (Å²) in [5.74, 6) is 0.385. The van der Waals surface area contributed by atoms with Crippen molar-refractivity contribution in [2.24, 2.45) is 5.92 Å². The standard InChI is InChI=1S/C16H22ClNO3/c1-3-20-16(19)12-8-11(18)9-13(17)15(12)21-14-7-5-4-6-10(14)2/h8-10,14H,3-7,18H2,1-2H3. The fourth-order valence-electron chi connectivity index (χ4n) is 2.70. The van der Waals surface area contributed by atoms with Crippen molar-refractivity contribution < 1.29 is 14.3 Å². The Hall–Kier alpha value is -1.42. The van der Waals surface area contributed by atoms with Crippen LogP contribution >= 0.6 is 11.6 Å². The summed E-state index contributed by atoms with van der Waals surface area (Å²) in [4.78, 5) is 12.1. The van der Waals surface area contributed by atoms with Crippen molar-refractivity contribution in [1.82, 2.24) is 0 Å². The number of nitrogen functional groups attached to an aromatic ring is 1. The van der Waals surface area contributed by atoms with Gasteiger partial charge in [-0.05, 0) is 44.2 Å². The Bertz CT molecular complexity index is 518. The number of hydrogen-bond donors (Lipinski definition) is 1. The van der Waals surface area contributed by atoms with Crippen molar-refractivity contribution in [1.29, 1.82) is 0 Å². The minimum absolute atomic E-state index is 0.0769. The van der Waals surface area contributed by atoms with E-state index in [1.165, 1.54) is 6.42 Å². The summed E-state index contributed by atoms with van der Waals surface area (Å²) in [6.45, 7) is 4.22. The van der Waals surface area contributed by atoms with E-state index in [-0.39, 0.29) is 6.10 Å². The Labute approximate surface area is 130 Å². The van der Waals surface area contributed by atoms with Crippen molar-refractivity contribution in [2.45, 2.75) is 45.6 Å². The fourth-order valence-corrected chi connectivity index (χ4v) is 2.98. The van der Waals surface area contributed by atoms with Crippen LogP contribution in [0.5, 0.6) is 5.75 Å². The molecular weight excluding hydrogens is 290 g/mol. The van der Waals surface area contributed by atoms with Crippen LogP contribution in [-0.2, 0) is 4.74 Å². The zero-order chi connectivity index (χ0) is 15.4. The summed E-state index contributed by atoms with van der Waals surface area (Å²) in [5.41, 5.74) is 6.50. The second-order valence-corrected chi connectivity index (χ2v) is 5.93. The summed E-state index contributed by atoms with van der Waals surface area (Å²) < 4.78 is 11.1. The second-order valence-electron chi connectivity index (χ2n) is 5.52. The molecule has 2 rings (SSSR count). The highest BCUT2D eigenvalue weighted by molar-refractivity contribution is 6.33. The second kappa shape index (κ2) is 7.03. The molecule has 0 bridgehead atoms. The van der Waals surface area contributed by atoms with Crippen molar-refractivity contribution in [3.05, 3.63) is 22.7 Å². The molecule has 1 aromatic carbocycles. The smallest absolute Gasteiger partial charge is 0.342 e. The van der Waals surface area contributed by atoms with Crippen molar-refractivity contribution in [2.75, 3.05) is 12.3 Å². The molecule has 0 radical (unpaired) electrons. The lowest BCUT2D eigenvalue weighted by Crippen LogP contribution is -2.29. The van der Waals surface area contributed by atoms with E-state index in [9.17, 15) is 4.79 Å². The third-order valence-corrected chi connectivity index (χ3v) is 4.14. The van der Waals surface area contributed by atoms with Gasteiger partial charge in [-0.15, -0.1) is 0 Å². The molecule has 116 valence electrons. The number of anilines is 1. The molecule has 0 amide bonds. The Morgan fingerprint density at radius 3 is 2.76 bits per heavy atom. The van der Waals surface area contributed by atoms with E-state index in [4.69, 9.17) is 26.8 Å². The van der Waals surface area contributed by atoms with Crippen LogP contribution < -0.4 is 10.5 Å². The van der Waals surface area contributed by atoms with E-state index >= 15 is 0 Å². The van der Waals surface area contributed by atoms with Gasteiger partial charge in [0, 0.05) is 5.69 Å². The third-order valence-electron chi connectivity index (χ3n) is 3.86. The maximum absolute atomic E-state index is 12.1. The molecule has 1 saturated carbocycles. The van der Waals surface area contributed by atoms with Gasteiger partial charge >= 0.3 is 5.97 Å². The molecular formula is C16H22ClNO3. The van der Waals surface area contributed by atoms with Crippen LogP contribution in [0.2, 0.25) is 5.02 Å². The molecule has 1 aromatic rings. The maximum atomic E-state index is 12.1. The molecule has 2 N–H and O–H groups in total. The van der Waals surface area contributed by atoms with E-state index in [2.05, 4.69) is 6.92 Å². The fraction of sp³-hybridized carbons (Fsp3) is 0.562. The predicted molar refractivity (Wildman–Crippen MR) is 83.9 cm³/mol.